The van der Waals surface area contributed by atoms with Crippen molar-refractivity contribution in [1.29, 1.82) is 5.26 Å². The van der Waals surface area contributed by atoms with Gasteiger partial charge in [-0.05, 0) is 30.9 Å². The number of fused-ring (bicyclic) bond motifs is 1. The minimum atomic E-state index is -0.339. The second-order valence-corrected chi connectivity index (χ2v) is 4.24. The van der Waals surface area contributed by atoms with E-state index in [-0.39, 0.29) is 6.04 Å². The molecule has 0 aromatic heterocycles. The van der Waals surface area contributed by atoms with Crippen molar-refractivity contribution >= 4 is 5.69 Å². The van der Waals surface area contributed by atoms with Gasteiger partial charge in [0, 0.05) is 18.8 Å². The molecule has 0 saturated carbocycles. The third-order valence-corrected chi connectivity index (χ3v) is 3.08. The van der Waals surface area contributed by atoms with E-state index in [1.165, 1.54) is 17.7 Å². The van der Waals surface area contributed by atoms with Crippen molar-refractivity contribution in [2.75, 3.05) is 18.0 Å². The molecule has 1 aromatic carbocycles. The van der Waals surface area contributed by atoms with Crippen LogP contribution in [-0.2, 0) is 6.42 Å². The number of benzene rings is 1. The molecule has 2 N–H and O–H groups in total. The highest BCUT2D eigenvalue weighted by Gasteiger charge is 2.16. The quantitative estimate of drug-likeness (QED) is 0.834. The number of para-hydroxylation sites is 1. The minimum absolute atomic E-state index is 0.339. The molecule has 1 atom stereocenters. The number of anilines is 1. The van der Waals surface area contributed by atoms with Gasteiger partial charge in [0.05, 0.1) is 12.1 Å². The summed E-state index contributed by atoms with van der Waals surface area (Å²) in [5.41, 5.74) is 8.36. The van der Waals surface area contributed by atoms with Gasteiger partial charge in [-0.1, -0.05) is 18.2 Å². The van der Waals surface area contributed by atoms with Crippen molar-refractivity contribution in [1.82, 2.24) is 0 Å². The number of nitriles is 1. The summed E-state index contributed by atoms with van der Waals surface area (Å²) in [7, 11) is 0. The van der Waals surface area contributed by atoms with Crippen LogP contribution < -0.4 is 10.6 Å². The SMILES string of the molecule is N#CC(N)CCN1CCCc2ccccc21. The first-order valence-electron chi connectivity index (χ1n) is 5.79. The minimum Gasteiger partial charge on any atom is -0.371 e. The zero-order valence-corrected chi connectivity index (χ0v) is 9.39. The Morgan fingerprint density at radius 3 is 3.06 bits per heavy atom. The molecule has 16 heavy (non-hydrogen) atoms. The van der Waals surface area contributed by atoms with Crippen molar-refractivity contribution in [2.45, 2.75) is 25.3 Å². The maximum atomic E-state index is 8.67. The van der Waals surface area contributed by atoms with E-state index in [4.69, 9.17) is 11.0 Å². The Morgan fingerprint density at radius 1 is 1.44 bits per heavy atom. The van der Waals surface area contributed by atoms with Gasteiger partial charge in [0.1, 0.15) is 0 Å². The number of hydrogen-bond acceptors (Lipinski definition) is 3. The highest BCUT2D eigenvalue weighted by Crippen LogP contribution is 2.26. The largest absolute Gasteiger partial charge is 0.371 e. The Labute approximate surface area is 96.5 Å². The van der Waals surface area contributed by atoms with Crippen LogP contribution in [0.1, 0.15) is 18.4 Å². The molecule has 1 aliphatic heterocycles. The molecule has 0 aliphatic carbocycles. The van der Waals surface area contributed by atoms with Gasteiger partial charge >= 0.3 is 0 Å². The fourth-order valence-electron chi connectivity index (χ4n) is 2.20. The van der Waals surface area contributed by atoms with Crippen LogP contribution in [0, 0.1) is 11.3 Å². The van der Waals surface area contributed by atoms with Gasteiger partial charge in [-0.3, -0.25) is 0 Å². The summed E-state index contributed by atoms with van der Waals surface area (Å²) in [6.45, 7) is 1.96. The van der Waals surface area contributed by atoms with E-state index < -0.39 is 0 Å². The first kappa shape index (κ1) is 11.0. The molecule has 0 amide bonds. The Hall–Kier alpha value is -1.53. The lowest BCUT2D eigenvalue weighted by Crippen LogP contribution is -2.33. The Bertz CT molecular complexity index is 394. The summed E-state index contributed by atoms with van der Waals surface area (Å²) < 4.78 is 0. The van der Waals surface area contributed by atoms with E-state index in [1.54, 1.807) is 0 Å². The lowest BCUT2D eigenvalue weighted by atomic mass is 10.0. The normalized spacial score (nSPS) is 16.4. The molecule has 0 bridgehead atoms. The van der Waals surface area contributed by atoms with Gasteiger partial charge in [-0.2, -0.15) is 5.26 Å². The predicted octanol–water partition coefficient (Wildman–Crippen LogP) is 1.68. The maximum Gasteiger partial charge on any atom is 0.0944 e. The van der Waals surface area contributed by atoms with Crippen molar-refractivity contribution in [3.8, 4) is 6.07 Å². The third kappa shape index (κ3) is 2.34. The molecule has 2 rings (SSSR count). The van der Waals surface area contributed by atoms with E-state index in [0.29, 0.717) is 0 Å². The molecule has 0 radical (unpaired) electrons. The topological polar surface area (TPSA) is 53.1 Å². The number of hydrogen-bond donors (Lipinski definition) is 1. The first-order valence-corrected chi connectivity index (χ1v) is 5.79. The van der Waals surface area contributed by atoms with E-state index in [9.17, 15) is 0 Å². The van der Waals surface area contributed by atoms with Crippen LogP contribution in [0.3, 0.4) is 0 Å². The third-order valence-electron chi connectivity index (χ3n) is 3.08. The molecule has 0 fully saturated rings. The second-order valence-electron chi connectivity index (χ2n) is 4.24. The van der Waals surface area contributed by atoms with Gasteiger partial charge in [-0.15, -0.1) is 0 Å². The lowest BCUT2D eigenvalue weighted by molar-refractivity contribution is 0.641. The van der Waals surface area contributed by atoms with Crippen LogP contribution >= 0.6 is 0 Å². The molecule has 1 aliphatic rings. The van der Waals surface area contributed by atoms with E-state index in [2.05, 4.69) is 35.2 Å². The lowest BCUT2D eigenvalue weighted by Gasteiger charge is -2.31. The highest BCUT2D eigenvalue weighted by molar-refractivity contribution is 5.55. The monoisotopic (exact) mass is 215 g/mol. The van der Waals surface area contributed by atoms with Gasteiger partial charge in [0.15, 0.2) is 0 Å². The van der Waals surface area contributed by atoms with Crippen LogP contribution in [0.5, 0.6) is 0 Å². The van der Waals surface area contributed by atoms with Gasteiger partial charge in [0.2, 0.25) is 0 Å². The Kier molecular flexibility index (Phi) is 3.43. The molecule has 1 heterocycles. The first-order chi connectivity index (χ1) is 7.81. The fourth-order valence-corrected chi connectivity index (χ4v) is 2.20. The van der Waals surface area contributed by atoms with Gasteiger partial charge in [0.25, 0.3) is 0 Å². The summed E-state index contributed by atoms with van der Waals surface area (Å²) in [6, 6.07) is 10.2. The number of nitrogens with zero attached hydrogens (tertiary/aromatic N) is 2. The molecular weight excluding hydrogens is 198 g/mol. The average Bonchev–Trinajstić information content (AvgIpc) is 2.35. The van der Waals surface area contributed by atoms with Crippen molar-refractivity contribution in [3.63, 3.8) is 0 Å². The number of rotatable bonds is 3. The number of aryl methyl sites for hydroxylation is 1. The summed E-state index contributed by atoms with van der Waals surface area (Å²) in [6.07, 6.45) is 3.10. The molecule has 0 spiro atoms. The molecule has 0 saturated heterocycles. The summed E-state index contributed by atoms with van der Waals surface area (Å²) in [4.78, 5) is 2.34. The smallest absolute Gasteiger partial charge is 0.0944 e. The van der Waals surface area contributed by atoms with Crippen LogP contribution in [0.15, 0.2) is 24.3 Å². The predicted molar refractivity (Wildman–Crippen MR) is 65.2 cm³/mol. The van der Waals surface area contributed by atoms with E-state index >= 15 is 0 Å². The summed E-state index contributed by atoms with van der Waals surface area (Å²) >= 11 is 0. The number of nitrogens with two attached hydrogens (primary N) is 1. The van der Waals surface area contributed by atoms with E-state index in [1.807, 2.05) is 0 Å². The van der Waals surface area contributed by atoms with Crippen LogP contribution in [0.4, 0.5) is 5.69 Å². The Morgan fingerprint density at radius 2 is 2.25 bits per heavy atom. The van der Waals surface area contributed by atoms with Gasteiger partial charge in [-0.25, -0.2) is 0 Å². The van der Waals surface area contributed by atoms with Crippen LogP contribution in [0.25, 0.3) is 0 Å². The molecule has 1 aromatic rings. The molecular formula is C13H17N3. The molecule has 1 unspecified atom stereocenters. The molecule has 3 nitrogen and oxygen atoms in total. The summed E-state index contributed by atoms with van der Waals surface area (Å²) in [5, 5.41) is 8.67. The molecule has 3 heteroatoms. The van der Waals surface area contributed by atoms with Gasteiger partial charge < -0.3 is 10.6 Å². The van der Waals surface area contributed by atoms with Crippen molar-refractivity contribution in [3.05, 3.63) is 29.8 Å². The van der Waals surface area contributed by atoms with Crippen LogP contribution in [-0.4, -0.2) is 19.1 Å². The summed E-state index contributed by atoms with van der Waals surface area (Å²) in [5.74, 6) is 0. The average molecular weight is 215 g/mol. The maximum absolute atomic E-state index is 8.67. The Balaban J connectivity index is 2.05. The highest BCUT2D eigenvalue weighted by atomic mass is 15.1. The second kappa shape index (κ2) is 5.00. The fraction of sp³-hybridized carbons (Fsp3) is 0.462. The van der Waals surface area contributed by atoms with E-state index in [0.717, 1.165) is 25.9 Å². The van der Waals surface area contributed by atoms with Crippen molar-refractivity contribution < 1.29 is 0 Å². The zero-order chi connectivity index (χ0) is 11.4. The molecule has 84 valence electrons. The standard InChI is InChI=1S/C13H17N3/c14-10-12(15)7-9-16-8-3-5-11-4-1-2-6-13(11)16/h1-2,4,6,12H,3,5,7-9,15H2. The van der Waals surface area contributed by atoms with Crippen LogP contribution in [0.2, 0.25) is 0 Å². The zero-order valence-electron chi connectivity index (χ0n) is 9.39. The van der Waals surface area contributed by atoms with Crippen molar-refractivity contribution in [2.24, 2.45) is 5.73 Å².